The van der Waals surface area contributed by atoms with E-state index in [9.17, 15) is 4.79 Å². The topological polar surface area (TPSA) is 69.2 Å². The lowest BCUT2D eigenvalue weighted by Crippen LogP contribution is -2.18. The molecule has 1 unspecified atom stereocenters. The van der Waals surface area contributed by atoms with Crippen molar-refractivity contribution in [1.29, 1.82) is 0 Å². The van der Waals surface area contributed by atoms with Crippen molar-refractivity contribution in [3.8, 4) is 17.2 Å². The van der Waals surface area contributed by atoms with Crippen molar-refractivity contribution in [3.63, 3.8) is 0 Å². The molecule has 0 bridgehead atoms. The lowest BCUT2D eigenvalue weighted by molar-refractivity contribution is 0.0954. The fourth-order valence-corrected chi connectivity index (χ4v) is 2.33. The molecule has 25 heavy (non-hydrogen) atoms. The van der Waals surface area contributed by atoms with Crippen molar-refractivity contribution in [2.45, 2.75) is 12.8 Å². The minimum atomic E-state index is -0.365. The van der Waals surface area contributed by atoms with Gasteiger partial charge in [-0.2, -0.15) is 5.10 Å². The van der Waals surface area contributed by atoms with E-state index in [0.717, 1.165) is 5.56 Å². The predicted molar refractivity (Wildman–Crippen MR) is 96.9 cm³/mol. The quantitative estimate of drug-likeness (QED) is 0.619. The molecule has 0 aliphatic rings. The highest BCUT2D eigenvalue weighted by Crippen LogP contribution is 2.38. The highest BCUT2D eigenvalue weighted by atomic mass is 16.5. The third-order valence-corrected chi connectivity index (χ3v) is 3.72. The van der Waals surface area contributed by atoms with Crippen LogP contribution < -0.4 is 19.6 Å². The normalized spacial score (nSPS) is 11.8. The summed E-state index contributed by atoms with van der Waals surface area (Å²) in [7, 11) is 4.51. The largest absolute Gasteiger partial charge is 0.493 e. The molecule has 0 aliphatic heterocycles. The van der Waals surface area contributed by atoms with E-state index in [1.807, 2.05) is 37.3 Å². The Morgan fingerprint density at radius 1 is 1.04 bits per heavy atom. The second-order valence-electron chi connectivity index (χ2n) is 5.33. The Morgan fingerprint density at radius 3 is 2.16 bits per heavy atom. The monoisotopic (exact) mass is 342 g/mol. The van der Waals surface area contributed by atoms with Crippen molar-refractivity contribution in [3.05, 3.63) is 53.6 Å². The van der Waals surface area contributed by atoms with Crippen LogP contribution in [0.25, 0.3) is 0 Å². The van der Waals surface area contributed by atoms with Crippen molar-refractivity contribution in [2.75, 3.05) is 21.3 Å². The molecule has 2 aromatic carbocycles. The zero-order valence-corrected chi connectivity index (χ0v) is 14.8. The van der Waals surface area contributed by atoms with Crippen molar-refractivity contribution < 1.29 is 19.0 Å². The highest BCUT2D eigenvalue weighted by Gasteiger charge is 2.16. The number of hydrogen-bond donors (Lipinski definition) is 1. The molecule has 2 aromatic rings. The molecule has 6 nitrogen and oxygen atoms in total. The molecule has 132 valence electrons. The van der Waals surface area contributed by atoms with Gasteiger partial charge in [-0.25, -0.2) is 5.43 Å². The van der Waals surface area contributed by atoms with E-state index in [1.165, 1.54) is 21.3 Å². The smallest absolute Gasteiger partial charge is 0.271 e. The van der Waals surface area contributed by atoms with Crippen LogP contribution in [0.5, 0.6) is 17.2 Å². The summed E-state index contributed by atoms with van der Waals surface area (Å²) < 4.78 is 15.7. The van der Waals surface area contributed by atoms with E-state index in [0.29, 0.717) is 22.8 Å². The van der Waals surface area contributed by atoms with Crippen LogP contribution in [0.3, 0.4) is 0 Å². The van der Waals surface area contributed by atoms with Gasteiger partial charge in [0.1, 0.15) is 0 Å². The minimum absolute atomic E-state index is 0.0847. The van der Waals surface area contributed by atoms with Crippen molar-refractivity contribution in [2.24, 2.45) is 5.10 Å². The number of benzene rings is 2. The molecule has 0 saturated carbocycles. The molecular weight excluding hydrogens is 320 g/mol. The van der Waals surface area contributed by atoms with Crippen molar-refractivity contribution in [1.82, 2.24) is 5.43 Å². The molecular formula is C19H22N2O4. The molecule has 1 atom stereocenters. The number of ether oxygens (including phenoxy) is 3. The third kappa shape index (κ3) is 4.50. The Bertz CT molecular complexity index is 719. The van der Waals surface area contributed by atoms with Gasteiger partial charge in [-0.05, 0) is 17.7 Å². The number of methoxy groups -OCH3 is 3. The van der Waals surface area contributed by atoms with Gasteiger partial charge in [0.05, 0.1) is 21.3 Å². The maximum atomic E-state index is 12.3. The van der Waals surface area contributed by atoms with Gasteiger partial charge < -0.3 is 14.2 Å². The molecule has 0 fully saturated rings. The summed E-state index contributed by atoms with van der Waals surface area (Å²) in [5.41, 5.74) is 4.00. The molecule has 2 rings (SSSR count). The molecule has 6 heteroatoms. The number of amides is 1. The number of carbonyl (C=O) groups excluding carboxylic acids is 1. The average molecular weight is 342 g/mol. The van der Waals surface area contributed by atoms with E-state index in [2.05, 4.69) is 10.5 Å². The first-order chi connectivity index (χ1) is 12.1. The van der Waals surface area contributed by atoms with Gasteiger partial charge in [0.2, 0.25) is 5.75 Å². The molecule has 0 saturated heterocycles. The number of nitrogens with one attached hydrogen (secondary N) is 1. The van der Waals surface area contributed by atoms with Gasteiger partial charge in [0.15, 0.2) is 11.5 Å². The number of nitrogens with zero attached hydrogens (tertiary/aromatic N) is 1. The number of carbonyl (C=O) groups is 1. The lowest BCUT2D eigenvalue weighted by Gasteiger charge is -2.13. The predicted octanol–water partition coefficient (Wildman–Crippen LogP) is 3.23. The standard InChI is InChI=1S/C19H22N2O4/c1-13(14-8-6-5-7-9-14)12-20-21-19(22)15-10-16(23-2)18(25-4)17(11-15)24-3/h5-13H,1-4H3,(H,21,22). The highest BCUT2D eigenvalue weighted by molar-refractivity contribution is 5.95. The first-order valence-electron chi connectivity index (χ1n) is 7.79. The summed E-state index contributed by atoms with van der Waals surface area (Å²) >= 11 is 0. The number of hydrazone groups is 1. The van der Waals surface area contributed by atoms with Gasteiger partial charge in [-0.1, -0.05) is 37.3 Å². The maximum absolute atomic E-state index is 12.3. The van der Waals surface area contributed by atoms with Crippen LogP contribution in [0.1, 0.15) is 28.8 Å². The molecule has 0 aliphatic carbocycles. The van der Waals surface area contributed by atoms with E-state index in [1.54, 1.807) is 18.3 Å². The molecule has 0 aromatic heterocycles. The summed E-state index contributed by atoms with van der Waals surface area (Å²) in [5.74, 6) is 0.974. The van der Waals surface area contributed by atoms with Gasteiger partial charge in [-0.3, -0.25) is 4.79 Å². The summed E-state index contributed by atoms with van der Waals surface area (Å²) in [6, 6.07) is 13.1. The summed E-state index contributed by atoms with van der Waals surface area (Å²) in [6.07, 6.45) is 1.69. The Kier molecular flexibility index (Phi) is 6.39. The van der Waals surface area contributed by atoms with Crippen LogP contribution in [-0.2, 0) is 0 Å². The number of hydrogen-bond acceptors (Lipinski definition) is 5. The second-order valence-corrected chi connectivity index (χ2v) is 5.33. The van der Waals surface area contributed by atoms with Crippen LogP contribution in [0.2, 0.25) is 0 Å². The number of rotatable bonds is 7. The second kappa shape index (κ2) is 8.73. The zero-order valence-electron chi connectivity index (χ0n) is 14.8. The van der Waals surface area contributed by atoms with Crippen LogP contribution in [0, 0.1) is 0 Å². The summed E-state index contributed by atoms with van der Waals surface area (Å²) in [4.78, 5) is 12.3. The maximum Gasteiger partial charge on any atom is 0.271 e. The first kappa shape index (κ1) is 18.3. The van der Waals surface area contributed by atoms with Crippen LogP contribution in [-0.4, -0.2) is 33.5 Å². The minimum Gasteiger partial charge on any atom is -0.493 e. The summed E-state index contributed by atoms with van der Waals surface area (Å²) in [5, 5.41) is 4.04. The van der Waals surface area contributed by atoms with E-state index in [4.69, 9.17) is 14.2 Å². The third-order valence-electron chi connectivity index (χ3n) is 3.72. The van der Waals surface area contributed by atoms with E-state index < -0.39 is 0 Å². The lowest BCUT2D eigenvalue weighted by atomic mass is 10.0. The average Bonchev–Trinajstić information content (AvgIpc) is 2.67. The molecule has 1 N–H and O–H groups in total. The molecule has 0 heterocycles. The van der Waals surface area contributed by atoms with Crippen LogP contribution in [0.15, 0.2) is 47.6 Å². The van der Waals surface area contributed by atoms with Gasteiger partial charge in [-0.15, -0.1) is 0 Å². The van der Waals surface area contributed by atoms with Crippen LogP contribution >= 0.6 is 0 Å². The fourth-order valence-electron chi connectivity index (χ4n) is 2.33. The van der Waals surface area contributed by atoms with Crippen LogP contribution in [0.4, 0.5) is 0 Å². The Balaban J connectivity index is 2.11. The van der Waals surface area contributed by atoms with Crippen molar-refractivity contribution >= 4 is 12.1 Å². The summed E-state index contributed by atoms with van der Waals surface area (Å²) in [6.45, 7) is 2.00. The van der Waals surface area contributed by atoms with E-state index >= 15 is 0 Å². The van der Waals surface area contributed by atoms with Gasteiger partial charge in [0.25, 0.3) is 5.91 Å². The Morgan fingerprint density at radius 2 is 1.64 bits per heavy atom. The zero-order chi connectivity index (χ0) is 18.2. The first-order valence-corrected chi connectivity index (χ1v) is 7.79. The van der Waals surface area contributed by atoms with E-state index in [-0.39, 0.29) is 11.8 Å². The Labute approximate surface area is 147 Å². The van der Waals surface area contributed by atoms with Gasteiger partial charge in [0, 0.05) is 17.7 Å². The Hall–Kier alpha value is -3.02. The SMILES string of the molecule is COc1cc(C(=O)NN=CC(C)c2ccccc2)cc(OC)c1OC. The molecule has 0 radical (unpaired) electrons. The molecule has 0 spiro atoms. The van der Waals surface area contributed by atoms with Gasteiger partial charge >= 0.3 is 0 Å². The fraction of sp³-hybridized carbons (Fsp3) is 0.263. The molecule has 1 amide bonds.